The molecule has 1 aromatic carbocycles. The van der Waals surface area contributed by atoms with Gasteiger partial charge >= 0.3 is 0 Å². The number of rotatable bonds is 3. The Labute approximate surface area is 93.1 Å². The van der Waals surface area contributed by atoms with Crippen molar-refractivity contribution in [2.45, 2.75) is 44.8 Å². The van der Waals surface area contributed by atoms with Crippen LogP contribution < -0.4 is 0 Å². The maximum atomic E-state index is 4.55. The molecule has 1 aromatic rings. The molecule has 0 radical (unpaired) electrons. The SMILES string of the molecule is CCC(C)c1ccc(C(C)(C)S)cc1. The highest BCUT2D eigenvalue weighted by atomic mass is 32.1. The van der Waals surface area contributed by atoms with Crippen LogP contribution in [0.3, 0.4) is 0 Å². The molecule has 78 valence electrons. The van der Waals surface area contributed by atoms with E-state index in [2.05, 4.69) is 64.6 Å². The molecular weight excluding hydrogens is 188 g/mol. The fourth-order valence-electron chi connectivity index (χ4n) is 1.46. The highest BCUT2D eigenvalue weighted by Gasteiger charge is 2.14. The van der Waals surface area contributed by atoms with Crippen LogP contribution in [0.25, 0.3) is 0 Å². The number of hydrogen-bond acceptors (Lipinski definition) is 1. The van der Waals surface area contributed by atoms with Gasteiger partial charge in [-0.2, -0.15) is 12.6 Å². The summed E-state index contributed by atoms with van der Waals surface area (Å²) in [7, 11) is 0. The first-order valence-electron chi connectivity index (χ1n) is 5.28. The molecule has 0 saturated heterocycles. The molecule has 0 amide bonds. The Kier molecular flexibility index (Phi) is 3.65. The molecule has 1 rings (SSSR count). The van der Waals surface area contributed by atoms with Gasteiger partial charge in [0.05, 0.1) is 0 Å². The summed E-state index contributed by atoms with van der Waals surface area (Å²) in [6.07, 6.45) is 1.20. The zero-order valence-electron chi connectivity index (χ0n) is 9.54. The summed E-state index contributed by atoms with van der Waals surface area (Å²) < 4.78 is -0.0337. The van der Waals surface area contributed by atoms with Crippen molar-refractivity contribution in [2.24, 2.45) is 0 Å². The predicted octanol–water partition coefficient (Wildman–Crippen LogP) is 4.37. The van der Waals surface area contributed by atoms with Gasteiger partial charge in [0.2, 0.25) is 0 Å². The van der Waals surface area contributed by atoms with Crippen LogP contribution in [-0.2, 0) is 4.75 Å². The number of thiol groups is 1. The van der Waals surface area contributed by atoms with Crippen LogP contribution in [0.1, 0.15) is 51.2 Å². The first-order chi connectivity index (χ1) is 6.45. The fraction of sp³-hybridized carbons (Fsp3) is 0.538. The Morgan fingerprint density at radius 2 is 1.71 bits per heavy atom. The Balaban J connectivity index is 2.89. The van der Waals surface area contributed by atoms with E-state index in [9.17, 15) is 0 Å². The summed E-state index contributed by atoms with van der Waals surface area (Å²) >= 11 is 4.55. The molecule has 0 spiro atoms. The van der Waals surface area contributed by atoms with Crippen molar-refractivity contribution >= 4 is 12.6 Å². The second-order valence-corrected chi connectivity index (χ2v) is 5.61. The second kappa shape index (κ2) is 4.39. The van der Waals surface area contributed by atoms with E-state index in [0.717, 1.165) is 0 Å². The highest BCUT2D eigenvalue weighted by Crippen LogP contribution is 2.28. The van der Waals surface area contributed by atoms with Gasteiger partial charge in [-0.1, -0.05) is 38.1 Å². The summed E-state index contributed by atoms with van der Waals surface area (Å²) in [4.78, 5) is 0. The molecular formula is C13H20S. The minimum absolute atomic E-state index is 0.0337. The molecule has 0 nitrogen and oxygen atoms in total. The van der Waals surface area contributed by atoms with Crippen LogP contribution >= 0.6 is 12.6 Å². The Morgan fingerprint density at radius 1 is 1.21 bits per heavy atom. The lowest BCUT2D eigenvalue weighted by Crippen LogP contribution is -2.07. The van der Waals surface area contributed by atoms with Gasteiger partial charge in [0.25, 0.3) is 0 Å². The molecule has 0 aliphatic heterocycles. The van der Waals surface area contributed by atoms with Gasteiger partial charge < -0.3 is 0 Å². The maximum absolute atomic E-state index is 4.55. The summed E-state index contributed by atoms with van der Waals surface area (Å²) in [5.41, 5.74) is 2.71. The topological polar surface area (TPSA) is 0 Å². The zero-order valence-corrected chi connectivity index (χ0v) is 10.4. The molecule has 0 heterocycles. The zero-order chi connectivity index (χ0) is 10.8. The van der Waals surface area contributed by atoms with E-state index in [4.69, 9.17) is 0 Å². The Morgan fingerprint density at radius 3 is 2.07 bits per heavy atom. The normalized spacial score (nSPS) is 14.1. The quantitative estimate of drug-likeness (QED) is 0.701. The maximum Gasteiger partial charge on any atom is 0.0322 e. The monoisotopic (exact) mass is 208 g/mol. The fourth-order valence-corrected chi connectivity index (χ4v) is 1.60. The predicted molar refractivity (Wildman–Crippen MR) is 67.2 cm³/mol. The Hall–Kier alpha value is -0.430. The summed E-state index contributed by atoms with van der Waals surface area (Å²) in [5.74, 6) is 0.659. The minimum atomic E-state index is -0.0337. The van der Waals surface area contributed by atoms with Crippen molar-refractivity contribution in [1.82, 2.24) is 0 Å². The van der Waals surface area contributed by atoms with E-state index in [1.54, 1.807) is 0 Å². The highest BCUT2D eigenvalue weighted by molar-refractivity contribution is 7.81. The molecule has 1 heteroatoms. The molecule has 0 aliphatic carbocycles. The second-order valence-electron chi connectivity index (χ2n) is 4.49. The largest absolute Gasteiger partial charge is 0.168 e. The van der Waals surface area contributed by atoms with E-state index < -0.39 is 0 Å². The van der Waals surface area contributed by atoms with Crippen molar-refractivity contribution in [1.29, 1.82) is 0 Å². The van der Waals surface area contributed by atoms with Crippen LogP contribution in [0.2, 0.25) is 0 Å². The molecule has 0 aliphatic rings. The van der Waals surface area contributed by atoms with Crippen molar-refractivity contribution in [3.8, 4) is 0 Å². The average molecular weight is 208 g/mol. The summed E-state index contributed by atoms with van der Waals surface area (Å²) in [6.45, 7) is 8.73. The minimum Gasteiger partial charge on any atom is -0.168 e. The number of hydrogen-bond donors (Lipinski definition) is 1. The first-order valence-corrected chi connectivity index (χ1v) is 5.72. The van der Waals surface area contributed by atoms with Crippen LogP contribution in [-0.4, -0.2) is 0 Å². The van der Waals surface area contributed by atoms with E-state index in [1.165, 1.54) is 17.5 Å². The first kappa shape index (κ1) is 11.6. The summed E-state index contributed by atoms with van der Waals surface area (Å²) in [5, 5.41) is 0. The third-order valence-electron chi connectivity index (χ3n) is 2.80. The smallest absolute Gasteiger partial charge is 0.0322 e. The molecule has 14 heavy (non-hydrogen) atoms. The van der Waals surface area contributed by atoms with Gasteiger partial charge in [0.15, 0.2) is 0 Å². The Bertz CT molecular complexity index is 279. The molecule has 1 atom stereocenters. The van der Waals surface area contributed by atoms with Gasteiger partial charge in [0, 0.05) is 4.75 Å². The molecule has 1 unspecified atom stereocenters. The van der Waals surface area contributed by atoms with Gasteiger partial charge in [-0.15, -0.1) is 0 Å². The van der Waals surface area contributed by atoms with E-state index in [1.807, 2.05) is 0 Å². The van der Waals surface area contributed by atoms with Crippen LogP contribution in [0.15, 0.2) is 24.3 Å². The van der Waals surface area contributed by atoms with E-state index in [-0.39, 0.29) is 4.75 Å². The molecule has 0 aromatic heterocycles. The summed E-state index contributed by atoms with van der Waals surface area (Å²) in [6, 6.07) is 8.83. The van der Waals surface area contributed by atoms with Crippen molar-refractivity contribution in [3.63, 3.8) is 0 Å². The van der Waals surface area contributed by atoms with Gasteiger partial charge in [0.1, 0.15) is 0 Å². The number of benzene rings is 1. The van der Waals surface area contributed by atoms with Crippen LogP contribution in [0, 0.1) is 0 Å². The molecule has 0 fully saturated rings. The van der Waals surface area contributed by atoms with Crippen LogP contribution in [0.4, 0.5) is 0 Å². The lowest BCUT2D eigenvalue weighted by Gasteiger charge is -2.19. The lowest BCUT2D eigenvalue weighted by atomic mass is 9.94. The van der Waals surface area contributed by atoms with Crippen molar-refractivity contribution < 1.29 is 0 Å². The molecule has 0 saturated carbocycles. The third kappa shape index (κ3) is 2.78. The third-order valence-corrected chi connectivity index (χ3v) is 3.06. The lowest BCUT2D eigenvalue weighted by molar-refractivity contribution is 0.729. The van der Waals surface area contributed by atoms with Crippen LogP contribution in [0.5, 0.6) is 0 Å². The van der Waals surface area contributed by atoms with Gasteiger partial charge in [-0.25, -0.2) is 0 Å². The standard InChI is InChI=1S/C13H20S/c1-5-10(2)11-6-8-12(9-7-11)13(3,4)14/h6-10,14H,5H2,1-4H3. The molecule has 0 bridgehead atoms. The average Bonchev–Trinajstić information content (AvgIpc) is 2.15. The van der Waals surface area contributed by atoms with E-state index >= 15 is 0 Å². The van der Waals surface area contributed by atoms with Crippen molar-refractivity contribution in [2.75, 3.05) is 0 Å². The van der Waals surface area contributed by atoms with Gasteiger partial charge in [-0.05, 0) is 37.3 Å². The van der Waals surface area contributed by atoms with Crippen molar-refractivity contribution in [3.05, 3.63) is 35.4 Å². The molecule has 0 N–H and O–H groups in total. The van der Waals surface area contributed by atoms with E-state index in [0.29, 0.717) is 5.92 Å². The van der Waals surface area contributed by atoms with Gasteiger partial charge in [-0.3, -0.25) is 0 Å².